The quantitative estimate of drug-likeness (QED) is 0.259. The lowest BCUT2D eigenvalue weighted by Crippen LogP contribution is -2.77. The Kier molecular flexibility index (Phi) is 7.06. The summed E-state index contributed by atoms with van der Waals surface area (Å²) in [5.41, 5.74) is 0. The topological polar surface area (TPSA) is 0 Å². The molecule has 0 saturated carbocycles. The van der Waals surface area contributed by atoms with E-state index < -0.39 is 31.6 Å². The van der Waals surface area contributed by atoms with Gasteiger partial charge in [0.05, 0.1) is 24.2 Å². The van der Waals surface area contributed by atoms with E-state index in [0.717, 1.165) is 0 Å². The molecule has 0 saturated heterocycles. The minimum atomic E-state index is -2.76. The Balaban J connectivity index is 2.54. The molecule has 3 aromatic rings. The highest BCUT2D eigenvalue weighted by Gasteiger charge is 2.46. The van der Waals surface area contributed by atoms with Crippen LogP contribution in [0.5, 0.6) is 0 Å². The number of rotatable bonds is 6. The van der Waals surface area contributed by atoms with E-state index in [-0.39, 0.29) is 0 Å². The fraction of sp³-hybridized carbons (Fsp3) is 0.333. The number of halogens is 1. The lowest BCUT2D eigenvalue weighted by Gasteiger charge is -2.38. The van der Waals surface area contributed by atoms with E-state index in [9.17, 15) is 0 Å². The normalized spacial score (nSPS) is 13.3. The molecular weight excluding hydrogens is 472 g/mol. The molecule has 0 amide bonds. The maximum absolute atomic E-state index is 8.25. The Bertz CT molecular complexity index is 962. The van der Waals surface area contributed by atoms with Gasteiger partial charge < -0.3 is 0 Å². The largest absolute Gasteiger partial charge is 0.247 e. The molecule has 3 rings (SSSR count). The summed E-state index contributed by atoms with van der Waals surface area (Å²) in [6.07, 6.45) is 0. The molecule has 0 bridgehead atoms. The van der Waals surface area contributed by atoms with E-state index in [2.05, 4.69) is 132 Å². The molecule has 3 aromatic carbocycles. The smallest absolute Gasteiger partial charge is 0.149 e. The van der Waals surface area contributed by atoms with Gasteiger partial charge in [0.2, 0.25) is 7.38 Å². The minimum absolute atomic E-state index is 1.41. The van der Waals surface area contributed by atoms with Crippen molar-refractivity contribution in [1.82, 2.24) is 0 Å². The molecule has 0 aliphatic heterocycles. The SMILES string of the molecule is C[Si](C)(C)c1ccccc1[Si](Cl)(c1ccccc1[Si](C)(C)C)c1ccccc1[Si](C)(C)C. The predicted octanol–water partition coefficient (Wildman–Crippen LogP) is 4.53. The summed E-state index contributed by atoms with van der Waals surface area (Å²) in [4.78, 5) is 0. The van der Waals surface area contributed by atoms with Gasteiger partial charge in [0, 0.05) is 0 Å². The van der Waals surface area contributed by atoms with E-state index in [1.54, 1.807) is 0 Å². The van der Waals surface area contributed by atoms with E-state index in [4.69, 9.17) is 11.1 Å². The lowest BCUT2D eigenvalue weighted by molar-refractivity contribution is 1.67. The second-order valence-electron chi connectivity index (χ2n) is 12.0. The lowest BCUT2D eigenvalue weighted by atomic mass is 10.3. The summed E-state index contributed by atoms with van der Waals surface area (Å²) in [5, 5.41) is 8.78. The maximum Gasteiger partial charge on any atom is 0.247 e. The van der Waals surface area contributed by atoms with Crippen LogP contribution in [-0.4, -0.2) is 31.6 Å². The molecule has 0 nitrogen and oxygen atoms in total. The van der Waals surface area contributed by atoms with Gasteiger partial charge in [-0.3, -0.25) is 0 Å². The molecule has 0 spiro atoms. The van der Waals surface area contributed by atoms with E-state index >= 15 is 0 Å². The van der Waals surface area contributed by atoms with Crippen molar-refractivity contribution in [2.45, 2.75) is 58.9 Å². The van der Waals surface area contributed by atoms with Gasteiger partial charge in [-0.1, -0.05) is 147 Å². The number of hydrogen-bond donors (Lipinski definition) is 0. The number of hydrogen-bond acceptors (Lipinski definition) is 0. The van der Waals surface area contributed by atoms with Gasteiger partial charge in [-0.15, -0.1) is 11.1 Å². The average Bonchev–Trinajstić information content (AvgIpc) is 2.71. The van der Waals surface area contributed by atoms with Crippen LogP contribution in [0.25, 0.3) is 0 Å². The van der Waals surface area contributed by atoms with Gasteiger partial charge in [-0.05, 0) is 15.6 Å². The minimum Gasteiger partial charge on any atom is -0.149 e. The summed E-state index contributed by atoms with van der Waals surface area (Å²) < 4.78 is 0. The molecule has 0 aliphatic carbocycles. The maximum atomic E-state index is 8.25. The van der Waals surface area contributed by atoms with E-state index in [1.807, 2.05) is 0 Å². The van der Waals surface area contributed by atoms with Gasteiger partial charge in [0.15, 0.2) is 0 Å². The predicted molar refractivity (Wildman–Crippen MR) is 159 cm³/mol. The zero-order chi connectivity index (χ0) is 23.9. The summed E-state index contributed by atoms with van der Waals surface area (Å²) in [5.74, 6) is 0. The second-order valence-corrected chi connectivity index (χ2v) is 31.8. The second kappa shape index (κ2) is 8.88. The fourth-order valence-corrected chi connectivity index (χ4v) is 19.7. The van der Waals surface area contributed by atoms with Crippen LogP contribution in [0.15, 0.2) is 72.8 Å². The third kappa shape index (κ3) is 4.85. The Hall–Kier alpha value is -1.18. The first-order valence-corrected chi connectivity index (χ1v) is 25.2. The van der Waals surface area contributed by atoms with Gasteiger partial charge in [-0.25, -0.2) is 0 Å². The van der Waals surface area contributed by atoms with Crippen LogP contribution in [0.2, 0.25) is 58.9 Å². The standard InChI is InChI=1S/C27H39ClSi4/c1-29(2,3)22-16-10-13-19-25(22)32(28,26-20-14-11-17-23(26)30(4,5)6)27-21-15-12-18-24(27)31(7,8)9/h10-21H,1-9H3. The van der Waals surface area contributed by atoms with Crippen molar-refractivity contribution in [3.63, 3.8) is 0 Å². The number of benzene rings is 3. The van der Waals surface area contributed by atoms with E-state index in [1.165, 1.54) is 31.1 Å². The zero-order valence-electron chi connectivity index (χ0n) is 21.3. The molecule has 0 radical (unpaired) electrons. The molecule has 170 valence electrons. The average molecular weight is 511 g/mol. The van der Waals surface area contributed by atoms with Gasteiger partial charge in [-0.2, -0.15) is 0 Å². The van der Waals surface area contributed by atoms with Crippen molar-refractivity contribution in [2.24, 2.45) is 0 Å². The highest BCUT2D eigenvalue weighted by atomic mass is 35.6. The molecule has 0 fully saturated rings. The molecule has 32 heavy (non-hydrogen) atoms. The highest BCUT2D eigenvalue weighted by molar-refractivity contribution is 7.43. The summed E-state index contributed by atoms with van der Waals surface area (Å²) in [7, 11) is -7.59. The van der Waals surface area contributed by atoms with Crippen LogP contribution in [0.3, 0.4) is 0 Å². The van der Waals surface area contributed by atoms with Crippen molar-refractivity contribution in [1.29, 1.82) is 0 Å². The Labute approximate surface area is 204 Å². The Morgan fingerprint density at radius 2 is 0.562 bits per heavy atom. The van der Waals surface area contributed by atoms with Crippen LogP contribution >= 0.6 is 11.1 Å². The zero-order valence-corrected chi connectivity index (χ0v) is 26.1. The summed E-state index contributed by atoms with van der Waals surface area (Å²) >= 11 is 8.25. The van der Waals surface area contributed by atoms with Crippen molar-refractivity contribution < 1.29 is 0 Å². The monoisotopic (exact) mass is 510 g/mol. The van der Waals surface area contributed by atoms with Crippen molar-refractivity contribution in [3.05, 3.63) is 72.8 Å². The third-order valence-corrected chi connectivity index (χ3v) is 18.6. The molecule has 0 aliphatic rings. The van der Waals surface area contributed by atoms with Crippen LogP contribution in [-0.2, 0) is 0 Å². The summed E-state index contributed by atoms with van der Waals surface area (Å²) in [6.45, 7) is 22.1. The molecule has 0 atom stereocenters. The van der Waals surface area contributed by atoms with E-state index in [0.29, 0.717) is 0 Å². The highest BCUT2D eigenvalue weighted by Crippen LogP contribution is 2.16. The van der Waals surface area contributed by atoms with Gasteiger partial charge >= 0.3 is 0 Å². The molecule has 5 heteroatoms. The first-order chi connectivity index (χ1) is 14.7. The molecule has 0 N–H and O–H groups in total. The molecule has 0 aromatic heterocycles. The van der Waals surface area contributed by atoms with Crippen molar-refractivity contribution in [2.75, 3.05) is 0 Å². The first kappa shape index (κ1) is 25.4. The first-order valence-electron chi connectivity index (χ1n) is 11.7. The fourth-order valence-electron chi connectivity index (χ4n) is 4.75. The van der Waals surface area contributed by atoms with Crippen molar-refractivity contribution >= 4 is 73.8 Å². The Morgan fingerprint density at radius 3 is 0.750 bits per heavy atom. The molecule has 0 heterocycles. The van der Waals surface area contributed by atoms with Crippen molar-refractivity contribution in [3.8, 4) is 0 Å². The molecular formula is C27H39ClSi4. The van der Waals surface area contributed by atoms with Gasteiger partial charge in [0.1, 0.15) is 0 Å². The third-order valence-electron chi connectivity index (χ3n) is 6.32. The summed E-state index contributed by atoms with van der Waals surface area (Å²) in [6, 6.07) is 27.4. The molecule has 0 unspecified atom stereocenters. The van der Waals surface area contributed by atoms with Crippen LogP contribution in [0, 0.1) is 0 Å². The Morgan fingerprint density at radius 1 is 0.375 bits per heavy atom. The van der Waals surface area contributed by atoms with Crippen LogP contribution < -0.4 is 31.1 Å². The van der Waals surface area contributed by atoms with Crippen LogP contribution in [0.1, 0.15) is 0 Å². The van der Waals surface area contributed by atoms with Crippen LogP contribution in [0.4, 0.5) is 0 Å². The van der Waals surface area contributed by atoms with Gasteiger partial charge in [0.25, 0.3) is 0 Å².